The van der Waals surface area contributed by atoms with Gasteiger partial charge in [0.15, 0.2) is 0 Å². The molecule has 1 heterocycles. The first-order valence-corrected chi connectivity index (χ1v) is 9.86. The number of nitrogens with one attached hydrogen (secondary N) is 1. The van der Waals surface area contributed by atoms with Gasteiger partial charge in [-0.05, 0) is 49.3 Å². The van der Waals surface area contributed by atoms with E-state index in [2.05, 4.69) is 47.7 Å². The molecule has 0 atom stereocenters. The number of anilines is 1. The molecule has 3 rings (SSSR count). The fourth-order valence-corrected chi connectivity index (χ4v) is 4.68. The van der Waals surface area contributed by atoms with Gasteiger partial charge in [-0.1, -0.05) is 26.0 Å². The minimum Gasteiger partial charge on any atom is -0.371 e. The molecule has 1 aliphatic carbocycles. The predicted octanol–water partition coefficient (Wildman–Crippen LogP) is 2.86. The largest absolute Gasteiger partial charge is 0.371 e. The van der Waals surface area contributed by atoms with Crippen LogP contribution in [0.3, 0.4) is 0 Å². The Kier molecular flexibility index (Phi) is 4.46. The van der Waals surface area contributed by atoms with Crippen LogP contribution in [0.4, 0.5) is 5.69 Å². The third kappa shape index (κ3) is 3.63. The van der Waals surface area contributed by atoms with Gasteiger partial charge < -0.3 is 4.90 Å². The molecule has 122 valence electrons. The summed E-state index contributed by atoms with van der Waals surface area (Å²) in [4.78, 5) is 2.35. The van der Waals surface area contributed by atoms with E-state index in [9.17, 15) is 8.42 Å². The Balaban J connectivity index is 1.55. The number of piperidine rings is 1. The maximum Gasteiger partial charge on any atom is 0.214 e. The smallest absolute Gasteiger partial charge is 0.214 e. The standard InChI is InChI=1S/C17H26N2O2S/c1-13(2)14-3-5-16(6-4-14)19-11-9-15(10-12-19)18-22(20,21)17-7-8-17/h3-6,13,15,17-18H,7-12H2,1-2H3. The molecule has 0 aromatic heterocycles. The summed E-state index contributed by atoms with van der Waals surface area (Å²) in [6.45, 7) is 6.23. The van der Waals surface area contributed by atoms with Crippen molar-refractivity contribution in [3.05, 3.63) is 29.8 Å². The van der Waals surface area contributed by atoms with E-state index in [1.807, 2.05) is 0 Å². The van der Waals surface area contributed by atoms with Gasteiger partial charge in [0.1, 0.15) is 0 Å². The van der Waals surface area contributed by atoms with E-state index >= 15 is 0 Å². The molecule has 0 radical (unpaired) electrons. The quantitative estimate of drug-likeness (QED) is 0.907. The second kappa shape index (κ2) is 6.20. The normalized spacial score (nSPS) is 20.6. The first-order chi connectivity index (χ1) is 10.5. The minimum absolute atomic E-state index is 0.108. The molecule has 1 aliphatic heterocycles. The van der Waals surface area contributed by atoms with E-state index in [1.165, 1.54) is 11.3 Å². The highest BCUT2D eigenvalue weighted by atomic mass is 32.2. The van der Waals surface area contributed by atoms with Crippen LogP contribution in [0.15, 0.2) is 24.3 Å². The lowest BCUT2D eigenvalue weighted by molar-refractivity contribution is 0.459. The molecule has 22 heavy (non-hydrogen) atoms. The highest BCUT2D eigenvalue weighted by molar-refractivity contribution is 7.90. The van der Waals surface area contributed by atoms with Crippen LogP contribution >= 0.6 is 0 Å². The molecule has 0 bridgehead atoms. The van der Waals surface area contributed by atoms with Crippen LogP contribution in [0.5, 0.6) is 0 Å². The highest BCUT2D eigenvalue weighted by Crippen LogP contribution is 2.29. The molecule has 2 aliphatic rings. The zero-order chi connectivity index (χ0) is 15.7. The summed E-state index contributed by atoms with van der Waals surface area (Å²) in [6, 6.07) is 8.87. The second-order valence-electron chi connectivity index (χ2n) is 6.87. The lowest BCUT2D eigenvalue weighted by atomic mass is 10.0. The molecule has 0 amide bonds. The molecule has 1 saturated carbocycles. The van der Waals surface area contributed by atoms with Crippen molar-refractivity contribution in [1.82, 2.24) is 4.72 Å². The Morgan fingerprint density at radius 2 is 1.64 bits per heavy atom. The summed E-state index contributed by atoms with van der Waals surface area (Å²) in [5.74, 6) is 0.552. The van der Waals surface area contributed by atoms with Crippen molar-refractivity contribution in [1.29, 1.82) is 0 Å². The van der Waals surface area contributed by atoms with Crippen molar-refractivity contribution < 1.29 is 8.42 Å². The molecule has 1 saturated heterocycles. The van der Waals surface area contributed by atoms with Gasteiger partial charge in [0, 0.05) is 24.8 Å². The maximum absolute atomic E-state index is 12.0. The average molecular weight is 322 g/mol. The Hall–Kier alpha value is -1.07. The van der Waals surface area contributed by atoms with Gasteiger partial charge >= 0.3 is 0 Å². The van der Waals surface area contributed by atoms with Gasteiger partial charge in [-0.25, -0.2) is 13.1 Å². The highest BCUT2D eigenvalue weighted by Gasteiger charge is 2.37. The van der Waals surface area contributed by atoms with Crippen molar-refractivity contribution in [3.8, 4) is 0 Å². The Morgan fingerprint density at radius 3 is 2.14 bits per heavy atom. The third-order valence-electron chi connectivity index (χ3n) is 4.71. The van der Waals surface area contributed by atoms with Crippen molar-refractivity contribution >= 4 is 15.7 Å². The van der Waals surface area contributed by atoms with Crippen LogP contribution in [-0.2, 0) is 10.0 Å². The van der Waals surface area contributed by atoms with Crippen molar-refractivity contribution in [2.45, 2.75) is 56.7 Å². The summed E-state index contributed by atoms with van der Waals surface area (Å²) in [7, 11) is -3.05. The molecule has 0 spiro atoms. The van der Waals surface area contributed by atoms with Crippen LogP contribution < -0.4 is 9.62 Å². The topological polar surface area (TPSA) is 49.4 Å². The fraction of sp³-hybridized carbons (Fsp3) is 0.647. The van der Waals surface area contributed by atoms with Crippen LogP contribution in [0.25, 0.3) is 0 Å². The van der Waals surface area contributed by atoms with E-state index in [1.54, 1.807) is 0 Å². The van der Waals surface area contributed by atoms with Crippen LogP contribution in [0.1, 0.15) is 51.0 Å². The van der Waals surface area contributed by atoms with Crippen LogP contribution in [0.2, 0.25) is 0 Å². The number of nitrogens with zero attached hydrogens (tertiary/aromatic N) is 1. The summed E-state index contributed by atoms with van der Waals surface area (Å²) < 4.78 is 26.9. The summed E-state index contributed by atoms with van der Waals surface area (Å²) in [5.41, 5.74) is 2.60. The number of rotatable bonds is 5. The van der Waals surface area contributed by atoms with Gasteiger partial charge in [0.25, 0.3) is 0 Å². The van der Waals surface area contributed by atoms with Crippen molar-refractivity contribution in [2.75, 3.05) is 18.0 Å². The van der Waals surface area contributed by atoms with Crippen LogP contribution in [0, 0.1) is 0 Å². The van der Waals surface area contributed by atoms with Gasteiger partial charge in [-0.3, -0.25) is 0 Å². The zero-order valence-electron chi connectivity index (χ0n) is 13.5. The van der Waals surface area contributed by atoms with Gasteiger partial charge in [0.05, 0.1) is 5.25 Å². The summed E-state index contributed by atoms with van der Waals surface area (Å²) in [5, 5.41) is -0.117. The summed E-state index contributed by atoms with van der Waals surface area (Å²) in [6.07, 6.45) is 3.43. The molecular weight excluding hydrogens is 296 g/mol. The monoisotopic (exact) mass is 322 g/mol. The fourth-order valence-electron chi connectivity index (χ4n) is 3.03. The van der Waals surface area contributed by atoms with E-state index in [0.717, 1.165) is 38.8 Å². The van der Waals surface area contributed by atoms with E-state index in [-0.39, 0.29) is 11.3 Å². The number of sulfonamides is 1. The number of hydrogen-bond acceptors (Lipinski definition) is 3. The molecule has 4 nitrogen and oxygen atoms in total. The second-order valence-corrected chi connectivity index (χ2v) is 8.86. The molecular formula is C17H26N2O2S. The van der Waals surface area contributed by atoms with Crippen molar-refractivity contribution in [3.63, 3.8) is 0 Å². The first-order valence-electron chi connectivity index (χ1n) is 8.32. The van der Waals surface area contributed by atoms with Gasteiger partial charge in [-0.2, -0.15) is 0 Å². The van der Waals surface area contributed by atoms with Gasteiger partial charge in [-0.15, -0.1) is 0 Å². The molecule has 1 aromatic rings. The van der Waals surface area contributed by atoms with E-state index in [0.29, 0.717) is 5.92 Å². The van der Waals surface area contributed by atoms with Crippen LogP contribution in [-0.4, -0.2) is 32.8 Å². The first kappa shape index (κ1) is 15.8. The van der Waals surface area contributed by atoms with Gasteiger partial charge in [0.2, 0.25) is 10.0 Å². The molecule has 1 aromatic carbocycles. The van der Waals surface area contributed by atoms with E-state index in [4.69, 9.17) is 0 Å². The SMILES string of the molecule is CC(C)c1ccc(N2CCC(NS(=O)(=O)C3CC3)CC2)cc1. The zero-order valence-corrected chi connectivity index (χ0v) is 14.3. The third-order valence-corrected chi connectivity index (χ3v) is 6.72. The van der Waals surface area contributed by atoms with Crippen molar-refractivity contribution in [2.24, 2.45) is 0 Å². The molecule has 2 fully saturated rings. The molecule has 0 unspecified atom stereocenters. The Morgan fingerprint density at radius 1 is 1.05 bits per heavy atom. The number of benzene rings is 1. The predicted molar refractivity (Wildman–Crippen MR) is 90.8 cm³/mol. The van der Waals surface area contributed by atoms with E-state index < -0.39 is 10.0 Å². The lowest BCUT2D eigenvalue weighted by Crippen LogP contribution is -2.45. The number of hydrogen-bond donors (Lipinski definition) is 1. The Bertz CT molecular complexity index is 598. The average Bonchev–Trinajstić information content (AvgIpc) is 3.33. The minimum atomic E-state index is -3.05. The molecule has 5 heteroatoms. The summed E-state index contributed by atoms with van der Waals surface area (Å²) >= 11 is 0. The molecule has 1 N–H and O–H groups in total. The lowest BCUT2D eigenvalue weighted by Gasteiger charge is -2.34. The Labute approximate surface area is 134 Å². The maximum atomic E-state index is 12.0.